The second-order valence-corrected chi connectivity index (χ2v) is 2.56. The molecule has 60 valence electrons. The maximum absolute atomic E-state index is 5.64. The van der Waals surface area contributed by atoms with Crippen LogP contribution >= 0.6 is 11.6 Å². The summed E-state index contributed by atoms with van der Waals surface area (Å²) in [6.45, 7) is 1.92. The molecule has 0 spiro atoms. The van der Waals surface area contributed by atoms with Crippen LogP contribution in [0.2, 0.25) is 0 Å². The minimum Gasteiger partial charge on any atom is -0.481 e. The highest BCUT2D eigenvalue weighted by Gasteiger charge is 1.97. The van der Waals surface area contributed by atoms with Crippen LogP contribution in [0.5, 0.6) is 5.88 Å². The van der Waals surface area contributed by atoms with Crippen molar-refractivity contribution < 1.29 is 4.74 Å². The number of nitrogens with zero attached hydrogens (tertiary/aromatic N) is 1. The number of pyridine rings is 1. The number of hydrogen-bond donors (Lipinski definition) is 0. The van der Waals surface area contributed by atoms with Gasteiger partial charge in [-0.25, -0.2) is 4.98 Å². The molecule has 0 aliphatic rings. The van der Waals surface area contributed by atoms with Crippen LogP contribution in [-0.2, 0) is 5.88 Å². The molecule has 0 radical (unpaired) electrons. The third kappa shape index (κ3) is 2.09. The van der Waals surface area contributed by atoms with Crippen LogP contribution in [0.4, 0.5) is 0 Å². The van der Waals surface area contributed by atoms with Crippen LogP contribution < -0.4 is 4.74 Å². The zero-order valence-electron chi connectivity index (χ0n) is 6.60. The molecule has 0 saturated heterocycles. The number of ether oxygens (including phenoxy) is 1. The molecular weight excluding hydrogens is 162 g/mol. The maximum atomic E-state index is 5.64. The summed E-state index contributed by atoms with van der Waals surface area (Å²) < 4.78 is 4.97. The number of hydrogen-bond acceptors (Lipinski definition) is 2. The molecule has 2 nitrogen and oxygen atoms in total. The highest BCUT2D eigenvalue weighted by Crippen LogP contribution is 2.13. The van der Waals surface area contributed by atoms with Gasteiger partial charge in [-0.1, -0.05) is 0 Å². The first-order chi connectivity index (χ1) is 5.26. The lowest BCUT2D eigenvalue weighted by atomic mass is 10.2. The van der Waals surface area contributed by atoms with Gasteiger partial charge in [0, 0.05) is 17.6 Å². The van der Waals surface area contributed by atoms with E-state index in [1.807, 2.05) is 19.1 Å². The normalized spacial score (nSPS) is 9.73. The Kier molecular flexibility index (Phi) is 2.71. The van der Waals surface area contributed by atoms with Crippen LogP contribution in [0.3, 0.4) is 0 Å². The molecule has 0 amide bonds. The van der Waals surface area contributed by atoms with Gasteiger partial charge in [0.25, 0.3) is 0 Å². The van der Waals surface area contributed by atoms with Gasteiger partial charge in [0.05, 0.1) is 7.11 Å². The molecule has 1 heterocycles. The topological polar surface area (TPSA) is 22.1 Å². The summed E-state index contributed by atoms with van der Waals surface area (Å²) in [6, 6.07) is 3.77. The lowest BCUT2D eigenvalue weighted by Gasteiger charge is -2.02. The van der Waals surface area contributed by atoms with E-state index in [2.05, 4.69) is 4.98 Å². The summed E-state index contributed by atoms with van der Waals surface area (Å²) in [4.78, 5) is 4.12. The van der Waals surface area contributed by atoms with Crippen molar-refractivity contribution in [1.29, 1.82) is 0 Å². The number of aromatic nitrogens is 1. The molecule has 0 unspecified atom stereocenters. The third-order valence-corrected chi connectivity index (χ3v) is 1.66. The van der Waals surface area contributed by atoms with E-state index in [9.17, 15) is 0 Å². The van der Waals surface area contributed by atoms with E-state index < -0.39 is 0 Å². The molecule has 0 aliphatic carbocycles. The summed E-state index contributed by atoms with van der Waals surface area (Å²) in [7, 11) is 1.60. The van der Waals surface area contributed by atoms with Crippen LogP contribution in [0.1, 0.15) is 11.3 Å². The SMILES string of the molecule is COc1cc(CCl)cc(C)n1. The van der Waals surface area contributed by atoms with Crippen molar-refractivity contribution in [1.82, 2.24) is 4.98 Å². The lowest BCUT2D eigenvalue weighted by molar-refractivity contribution is 0.396. The van der Waals surface area contributed by atoms with E-state index in [0.717, 1.165) is 11.3 Å². The van der Waals surface area contributed by atoms with Gasteiger partial charge in [0.2, 0.25) is 5.88 Å². The Bertz CT molecular complexity index is 228. The molecule has 0 N–H and O–H groups in total. The number of rotatable bonds is 2. The largest absolute Gasteiger partial charge is 0.481 e. The first-order valence-corrected chi connectivity index (χ1v) is 3.87. The predicted molar refractivity (Wildman–Crippen MR) is 45.1 cm³/mol. The van der Waals surface area contributed by atoms with E-state index in [0.29, 0.717) is 11.8 Å². The van der Waals surface area contributed by atoms with Crippen LogP contribution in [0.15, 0.2) is 12.1 Å². The fourth-order valence-electron chi connectivity index (χ4n) is 0.889. The second kappa shape index (κ2) is 3.58. The number of halogens is 1. The van der Waals surface area contributed by atoms with E-state index in [-0.39, 0.29) is 0 Å². The highest BCUT2D eigenvalue weighted by molar-refractivity contribution is 6.17. The summed E-state index contributed by atoms with van der Waals surface area (Å²) >= 11 is 5.64. The molecule has 0 fully saturated rings. The molecule has 0 bridgehead atoms. The Morgan fingerprint density at radius 3 is 2.82 bits per heavy atom. The molecule has 11 heavy (non-hydrogen) atoms. The van der Waals surface area contributed by atoms with Gasteiger partial charge in [0.15, 0.2) is 0 Å². The first-order valence-electron chi connectivity index (χ1n) is 3.34. The molecule has 0 atom stereocenters. The summed E-state index contributed by atoms with van der Waals surface area (Å²) in [5.74, 6) is 1.13. The number of aryl methyl sites for hydroxylation is 1. The Morgan fingerprint density at radius 2 is 2.27 bits per heavy atom. The van der Waals surface area contributed by atoms with Crippen molar-refractivity contribution in [2.24, 2.45) is 0 Å². The fraction of sp³-hybridized carbons (Fsp3) is 0.375. The van der Waals surface area contributed by atoms with Gasteiger partial charge >= 0.3 is 0 Å². The predicted octanol–water partition coefficient (Wildman–Crippen LogP) is 2.14. The first kappa shape index (κ1) is 8.34. The van der Waals surface area contributed by atoms with Gasteiger partial charge in [-0.05, 0) is 18.6 Å². The van der Waals surface area contributed by atoms with E-state index in [4.69, 9.17) is 16.3 Å². The van der Waals surface area contributed by atoms with Crippen molar-refractivity contribution >= 4 is 11.6 Å². The minimum atomic E-state index is 0.500. The van der Waals surface area contributed by atoms with E-state index in [1.165, 1.54) is 0 Å². The summed E-state index contributed by atoms with van der Waals surface area (Å²) in [5, 5.41) is 0. The Balaban J connectivity index is 3.02. The Morgan fingerprint density at radius 1 is 1.55 bits per heavy atom. The van der Waals surface area contributed by atoms with Crippen molar-refractivity contribution in [2.75, 3.05) is 7.11 Å². The molecule has 0 aliphatic heterocycles. The van der Waals surface area contributed by atoms with Crippen LogP contribution in [-0.4, -0.2) is 12.1 Å². The monoisotopic (exact) mass is 171 g/mol. The molecule has 3 heteroatoms. The van der Waals surface area contributed by atoms with Gasteiger partial charge < -0.3 is 4.74 Å². The van der Waals surface area contributed by atoms with Crippen molar-refractivity contribution in [3.63, 3.8) is 0 Å². The van der Waals surface area contributed by atoms with E-state index >= 15 is 0 Å². The standard InChI is InChI=1S/C8H10ClNO/c1-6-3-7(5-9)4-8(10-6)11-2/h3-4H,5H2,1-2H3. The zero-order chi connectivity index (χ0) is 8.27. The third-order valence-electron chi connectivity index (χ3n) is 1.35. The van der Waals surface area contributed by atoms with Crippen molar-refractivity contribution in [2.45, 2.75) is 12.8 Å². The summed E-state index contributed by atoms with van der Waals surface area (Å²) in [5.41, 5.74) is 1.97. The smallest absolute Gasteiger partial charge is 0.213 e. The highest BCUT2D eigenvalue weighted by atomic mass is 35.5. The van der Waals surface area contributed by atoms with Gasteiger partial charge in [0.1, 0.15) is 0 Å². The van der Waals surface area contributed by atoms with Crippen LogP contribution in [0, 0.1) is 6.92 Å². The quantitative estimate of drug-likeness (QED) is 0.637. The van der Waals surface area contributed by atoms with Gasteiger partial charge in [-0.15, -0.1) is 11.6 Å². The lowest BCUT2D eigenvalue weighted by Crippen LogP contribution is -1.91. The second-order valence-electron chi connectivity index (χ2n) is 2.29. The number of alkyl halides is 1. The average molecular weight is 172 g/mol. The van der Waals surface area contributed by atoms with E-state index in [1.54, 1.807) is 7.11 Å². The van der Waals surface area contributed by atoms with Crippen LogP contribution in [0.25, 0.3) is 0 Å². The van der Waals surface area contributed by atoms with Gasteiger partial charge in [-0.3, -0.25) is 0 Å². The Hall–Kier alpha value is -0.760. The van der Waals surface area contributed by atoms with Gasteiger partial charge in [-0.2, -0.15) is 0 Å². The molecule has 1 aromatic heterocycles. The Labute approximate surface area is 71.2 Å². The van der Waals surface area contributed by atoms with Crippen molar-refractivity contribution in [3.05, 3.63) is 23.4 Å². The fourth-order valence-corrected chi connectivity index (χ4v) is 1.04. The van der Waals surface area contributed by atoms with Crippen molar-refractivity contribution in [3.8, 4) is 5.88 Å². The molecule has 0 aromatic carbocycles. The average Bonchev–Trinajstić information content (AvgIpc) is 2.03. The maximum Gasteiger partial charge on any atom is 0.213 e. The molecule has 1 rings (SSSR count). The summed E-state index contributed by atoms with van der Waals surface area (Å²) in [6.07, 6.45) is 0. The number of methoxy groups -OCH3 is 1. The zero-order valence-corrected chi connectivity index (χ0v) is 7.35. The molecule has 0 saturated carbocycles. The molecular formula is C8H10ClNO. The minimum absolute atomic E-state index is 0.500. The molecule has 1 aromatic rings.